The van der Waals surface area contributed by atoms with Crippen LogP contribution in [0.25, 0.3) is 0 Å². The van der Waals surface area contributed by atoms with Crippen LogP contribution in [0.4, 0.5) is 0 Å². The maximum atomic E-state index is 11.9. The Morgan fingerprint density at radius 1 is 1.21 bits per heavy atom. The molecule has 3 heteroatoms. The number of ketones is 1. The Morgan fingerprint density at radius 3 is 2.58 bits per heavy atom. The summed E-state index contributed by atoms with van der Waals surface area (Å²) >= 11 is 0. The summed E-state index contributed by atoms with van der Waals surface area (Å²) in [6.07, 6.45) is 8.53. The Labute approximate surface area is 114 Å². The maximum Gasteiger partial charge on any atom is 0.334 e. The molecule has 2 bridgehead atoms. The fourth-order valence-electron chi connectivity index (χ4n) is 2.30. The van der Waals surface area contributed by atoms with Gasteiger partial charge in [0.25, 0.3) is 0 Å². The average Bonchev–Trinajstić information content (AvgIpc) is 2.62. The highest BCUT2D eigenvalue weighted by atomic mass is 16.6. The van der Waals surface area contributed by atoms with E-state index in [1.807, 2.05) is 45.9 Å². The first-order chi connectivity index (χ1) is 8.75. The van der Waals surface area contributed by atoms with Crippen molar-refractivity contribution in [2.75, 3.05) is 0 Å². The summed E-state index contributed by atoms with van der Waals surface area (Å²) in [7, 11) is 0. The predicted molar refractivity (Wildman–Crippen MR) is 73.5 cm³/mol. The first kappa shape index (κ1) is 13.8. The molecule has 1 aliphatic heterocycles. The van der Waals surface area contributed by atoms with E-state index in [-0.39, 0.29) is 11.8 Å². The van der Waals surface area contributed by atoms with Crippen molar-refractivity contribution in [2.24, 2.45) is 5.41 Å². The minimum atomic E-state index is -0.686. The van der Waals surface area contributed by atoms with Crippen molar-refractivity contribution in [2.45, 2.75) is 46.1 Å². The minimum Gasteiger partial charge on any atom is -0.451 e. The monoisotopic (exact) mass is 260 g/mol. The summed E-state index contributed by atoms with van der Waals surface area (Å²) in [6.45, 7) is 7.65. The Bertz CT molecular complexity index is 520. The fourth-order valence-corrected chi connectivity index (χ4v) is 2.30. The second-order valence-corrected chi connectivity index (χ2v) is 6.01. The Hall–Kier alpha value is -1.64. The molecule has 0 radical (unpaired) electrons. The van der Waals surface area contributed by atoms with Crippen LogP contribution >= 0.6 is 0 Å². The van der Waals surface area contributed by atoms with Crippen molar-refractivity contribution in [3.63, 3.8) is 0 Å². The molecule has 0 amide bonds. The van der Waals surface area contributed by atoms with Gasteiger partial charge in [0.05, 0.1) is 0 Å². The molecule has 102 valence electrons. The van der Waals surface area contributed by atoms with Gasteiger partial charge in [-0.3, -0.25) is 4.79 Å². The van der Waals surface area contributed by atoms with Crippen molar-refractivity contribution in [1.29, 1.82) is 0 Å². The third-order valence-electron chi connectivity index (χ3n) is 4.20. The molecule has 1 aliphatic carbocycles. The van der Waals surface area contributed by atoms with Crippen LogP contribution in [-0.4, -0.2) is 17.4 Å². The largest absolute Gasteiger partial charge is 0.451 e. The van der Waals surface area contributed by atoms with Gasteiger partial charge in [0, 0.05) is 11.0 Å². The van der Waals surface area contributed by atoms with Gasteiger partial charge in [-0.2, -0.15) is 0 Å². The molecule has 0 aromatic heterocycles. The van der Waals surface area contributed by atoms with Gasteiger partial charge < -0.3 is 4.74 Å². The number of ether oxygens (including phenoxy) is 1. The average molecular weight is 260 g/mol. The highest BCUT2D eigenvalue weighted by Crippen LogP contribution is 2.42. The molecule has 0 saturated heterocycles. The molecule has 0 unspecified atom stereocenters. The molecule has 19 heavy (non-hydrogen) atoms. The van der Waals surface area contributed by atoms with Gasteiger partial charge in [-0.25, -0.2) is 4.79 Å². The fraction of sp³-hybridized carbons (Fsp3) is 0.500. The number of hydrogen-bond acceptors (Lipinski definition) is 3. The SMILES string of the molecule is C/C1=C\CCC2=C[C@](C)(OC2=O)C(C)(C)/C=C/C1=O. The summed E-state index contributed by atoms with van der Waals surface area (Å²) in [5.74, 6) is -0.215. The van der Waals surface area contributed by atoms with E-state index in [4.69, 9.17) is 4.74 Å². The van der Waals surface area contributed by atoms with E-state index in [2.05, 4.69) is 0 Å². The molecular formula is C16H20O3. The van der Waals surface area contributed by atoms with Crippen LogP contribution in [0.15, 0.2) is 35.5 Å². The molecule has 0 saturated carbocycles. The summed E-state index contributed by atoms with van der Waals surface area (Å²) in [4.78, 5) is 23.8. The van der Waals surface area contributed by atoms with E-state index in [1.165, 1.54) is 0 Å². The van der Waals surface area contributed by atoms with Crippen LogP contribution in [0.1, 0.15) is 40.5 Å². The summed E-state index contributed by atoms with van der Waals surface area (Å²) in [6, 6.07) is 0. The van der Waals surface area contributed by atoms with E-state index in [0.717, 1.165) is 5.57 Å². The second-order valence-electron chi connectivity index (χ2n) is 6.01. The third kappa shape index (κ3) is 2.42. The molecular weight excluding hydrogens is 240 g/mol. The first-order valence-electron chi connectivity index (χ1n) is 6.61. The van der Waals surface area contributed by atoms with Crippen LogP contribution < -0.4 is 0 Å². The van der Waals surface area contributed by atoms with Crippen molar-refractivity contribution in [3.8, 4) is 0 Å². The number of carbonyl (C=O) groups excluding carboxylic acids is 2. The number of carbonyl (C=O) groups is 2. The van der Waals surface area contributed by atoms with E-state index < -0.39 is 11.0 Å². The van der Waals surface area contributed by atoms with Gasteiger partial charge in [0.2, 0.25) is 0 Å². The molecule has 1 heterocycles. The lowest BCUT2D eigenvalue weighted by Crippen LogP contribution is -2.40. The molecule has 0 spiro atoms. The van der Waals surface area contributed by atoms with Crippen molar-refractivity contribution < 1.29 is 14.3 Å². The molecule has 0 aromatic carbocycles. The quantitative estimate of drug-likeness (QED) is 0.628. The number of rotatable bonds is 0. The summed E-state index contributed by atoms with van der Waals surface area (Å²) in [5, 5.41) is 0. The van der Waals surface area contributed by atoms with Crippen LogP contribution in [0.5, 0.6) is 0 Å². The smallest absolute Gasteiger partial charge is 0.334 e. The molecule has 0 aromatic rings. The topological polar surface area (TPSA) is 43.4 Å². The van der Waals surface area contributed by atoms with E-state index in [0.29, 0.717) is 18.4 Å². The van der Waals surface area contributed by atoms with Crippen LogP contribution in [0.2, 0.25) is 0 Å². The normalized spacial score (nSPS) is 34.7. The third-order valence-corrected chi connectivity index (χ3v) is 4.20. The number of esters is 1. The molecule has 0 fully saturated rings. The summed E-state index contributed by atoms with van der Waals surface area (Å²) < 4.78 is 5.55. The molecule has 0 N–H and O–H groups in total. The van der Waals surface area contributed by atoms with Gasteiger partial charge in [-0.05, 0) is 44.4 Å². The van der Waals surface area contributed by atoms with Gasteiger partial charge in [0.15, 0.2) is 5.78 Å². The van der Waals surface area contributed by atoms with E-state index >= 15 is 0 Å². The molecule has 2 rings (SSSR count). The lowest BCUT2D eigenvalue weighted by molar-refractivity contribution is -0.151. The number of hydrogen-bond donors (Lipinski definition) is 0. The first-order valence-corrected chi connectivity index (χ1v) is 6.61. The lowest BCUT2D eigenvalue weighted by Gasteiger charge is -2.36. The van der Waals surface area contributed by atoms with Gasteiger partial charge >= 0.3 is 5.97 Å². The maximum absolute atomic E-state index is 11.9. The van der Waals surface area contributed by atoms with Crippen molar-refractivity contribution in [1.82, 2.24) is 0 Å². The highest BCUT2D eigenvalue weighted by Gasteiger charge is 2.46. The number of fused-ring (bicyclic) bond motifs is 1. The Balaban J connectivity index is 2.47. The Morgan fingerprint density at radius 2 is 1.89 bits per heavy atom. The van der Waals surface area contributed by atoms with E-state index in [1.54, 1.807) is 6.08 Å². The zero-order chi connectivity index (χ0) is 14.3. The van der Waals surface area contributed by atoms with E-state index in [9.17, 15) is 9.59 Å². The van der Waals surface area contributed by atoms with Gasteiger partial charge in [0.1, 0.15) is 5.60 Å². The van der Waals surface area contributed by atoms with Crippen LogP contribution in [-0.2, 0) is 14.3 Å². The van der Waals surface area contributed by atoms with Crippen LogP contribution in [0.3, 0.4) is 0 Å². The Kier molecular flexibility index (Phi) is 3.25. The zero-order valence-corrected chi connectivity index (χ0v) is 11.9. The predicted octanol–water partition coefficient (Wildman–Crippen LogP) is 3.12. The second kappa shape index (κ2) is 4.48. The van der Waals surface area contributed by atoms with Gasteiger partial charge in [-0.1, -0.05) is 26.0 Å². The lowest BCUT2D eigenvalue weighted by atomic mass is 9.75. The summed E-state index contributed by atoms with van der Waals surface area (Å²) in [5.41, 5.74) is 0.324. The molecule has 2 aliphatic rings. The van der Waals surface area contributed by atoms with Crippen molar-refractivity contribution >= 4 is 11.8 Å². The van der Waals surface area contributed by atoms with Crippen LogP contribution in [0, 0.1) is 5.41 Å². The molecule has 1 atom stereocenters. The van der Waals surface area contributed by atoms with Gasteiger partial charge in [-0.15, -0.1) is 0 Å². The standard InChI is InChI=1S/C16H20O3/c1-11-6-5-7-12-10-16(4,19-14(12)18)15(2,3)9-8-13(11)17/h6,8-10H,5,7H2,1-4H3/b9-8+,11-6+/t16-/m0/s1. The zero-order valence-electron chi connectivity index (χ0n) is 11.9. The van der Waals surface area contributed by atoms with Crippen molar-refractivity contribution in [3.05, 3.63) is 35.5 Å². The minimum absolute atomic E-state index is 0.0192. The highest BCUT2D eigenvalue weighted by molar-refractivity contribution is 6.03. The number of allylic oxidation sites excluding steroid dienone is 3. The molecule has 3 nitrogen and oxygen atoms in total.